The average molecular weight is 280 g/mol. The van der Waals surface area contributed by atoms with Gasteiger partial charge in [0.1, 0.15) is 5.82 Å². The van der Waals surface area contributed by atoms with E-state index in [4.69, 9.17) is 0 Å². The highest BCUT2D eigenvalue weighted by molar-refractivity contribution is 5.81. The minimum atomic E-state index is -0.252. The molecular weight excluding hydrogens is 259 g/mol. The summed E-state index contributed by atoms with van der Waals surface area (Å²) in [6.07, 6.45) is 0.382. The lowest BCUT2D eigenvalue weighted by atomic mass is 10.2. The number of benzene rings is 1. The zero-order valence-electron chi connectivity index (χ0n) is 12.1. The summed E-state index contributed by atoms with van der Waals surface area (Å²) in [5, 5.41) is 6.02. The third-order valence-corrected chi connectivity index (χ3v) is 2.76. The van der Waals surface area contributed by atoms with Crippen molar-refractivity contribution in [3.8, 4) is 0 Å². The Balaban J connectivity index is 2.38. The Bertz CT molecular complexity index is 474. The molecule has 0 saturated heterocycles. The highest BCUT2D eigenvalue weighted by Crippen LogP contribution is 2.05. The Kier molecular flexibility index (Phi) is 6.49. The lowest BCUT2D eigenvalue weighted by molar-refractivity contribution is -0.128. The molecule has 0 radical (unpaired) electrons. The molecule has 110 valence electrons. The van der Waals surface area contributed by atoms with Gasteiger partial charge in [0.25, 0.3) is 0 Å². The maximum Gasteiger partial charge on any atom is 0.223 e. The van der Waals surface area contributed by atoms with Gasteiger partial charge in [-0.15, -0.1) is 0 Å². The highest BCUT2D eigenvalue weighted by Gasteiger charge is 2.05. The molecule has 0 bridgehead atoms. The Morgan fingerprint density at radius 3 is 2.60 bits per heavy atom. The lowest BCUT2D eigenvalue weighted by Crippen LogP contribution is -2.38. The van der Waals surface area contributed by atoms with Crippen LogP contribution in [0.5, 0.6) is 0 Å². The predicted molar refractivity (Wildman–Crippen MR) is 77.9 cm³/mol. The Labute approximate surface area is 118 Å². The van der Waals surface area contributed by atoms with E-state index >= 15 is 0 Å². The van der Waals surface area contributed by atoms with Crippen molar-refractivity contribution in [1.82, 2.24) is 15.5 Å². The van der Waals surface area contributed by atoms with E-state index in [0.29, 0.717) is 31.0 Å². The van der Waals surface area contributed by atoms with Crippen molar-refractivity contribution in [2.24, 2.45) is 4.99 Å². The Morgan fingerprint density at radius 1 is 1.30 bits per heavy atom. The van der Waals surface area contributed by atoms with Crippen LogP contribution in [-0.4, -0.2) is 44.5 Å². The molecule has 0 spiro atoms. The summed E-state index contributed by atoms with van der Waals surface area (Å²) in [5.74, 6) is 0.333. The average Bonchev–Trinajstić information content (AvgIpc) is 2.43. The largest absolute Gasteiger partial charge is 0.356 e. The third-order valence-electron chi connectivity index (χ3n) is 2.76. The van der Waals surface area contributed by atoms with E-state index in [1.165, 1.54) is 11.0 Å². The highest BCUT2D eigenvalue weighted by atomic mass is 19.1. The SMILES string of the molecule is CN=C(NCCC(=O)N(C)C)NCc1ccccc1F. The van der Waals surface area contributed by atoms with E-state index in [2.05, 4.69) is 15.6 Å². The van der Waals surface area contributed by atoms with Gasteiger partial charge in [0.05, 0.1) is 0 Å². The van der Waals surface area contributed by atoms with Crippen LogP contribution >= 0.6 is 0 Å². The summed E-state index contributed by atoms with van der Waals surface area (Å²) < 4.78 is 13.4. The van der Waals surface area contributed by atoms with Crippen LogP contribution in [0.25, 0.3) is 0 Å². The molecule has 0 atom stereocenters. The second-order valence-electron chi connectivity index (χ2n) is 4.48. The number of halogens is 1. The van der Waals surface area contributed by atoms with Crippen LogP contribution in [0.15, 0.2) is 29.3 Å². The summed E-state index contributed by atoms with van der Waals surface area (Å²) in [5.41, 5.74) is 0.569. The third kappa shape index (κ3) is 5.26. The molecule has 5 nitrogen and oxygen atoms in total. The van der Waals surface area contributed by atoms with E-state index in [9.17, 15) is 9.18 Å². The predicted octanol–water partition coefficient (Wildman–Crippen LogP) is 0.969. The Morgan fingerprint density at radius 2 is 2.00 bits per heavy atom. The van der Waals surface area contributed by atoms with Gasteiger partial charge in [0.2, 0.25) is 5.91 Å². The second-order valence-corrected chi connectivity index (χ2v) is 4.48. The van der Waals surface area contributed by atoms with E-state index in [0.717, 1.165) is 0 Å². The van der Waals surface area contributed by atoms with Crippen LogP contribution in [0.3, 0.4) is 0 Å². The fourth-order valence-corrected chi connectivity index (χ4v) is 1.55. The molecule has 1 amide bonds. The molecule has 0 heterocycles. The van der Waals surface area contributed by atoms with Crippen molar-refractivity contribution in [3.63, 3.8) is 0 Å². The number of aliphatic imine (C=N–C) groups is 1. The van der Waals surface area contributed by atoms with Gasteiger partial charge in [-0.2, -0.15) is 0 Å². The number of carbonyl (C=O) groups excluding carboxylic acids is 1. The number of hydrogen-bond acceptors (Lipinski definition) is 2. The molecule has 0 aliphatic heterocycles. The molecule has 0 aliphatic carbocycles. The molecule has 0 fully saturated rings. The molecule has 0 aromatic heterocycles. The fourth-order valence-electron chi connectivity index (χ4n) is 1.55. The number of guanidine groups is 1. The van der Waals surface area contributed by atoms with Gasteiger partial charge in [-0.1, -0.05) is 18.2 Å². The van der Waals surface area contributed by atoms with Crippen molar-refractivity contribution in [3.05, 3.63) is 35.6 Å². The van der Waals surface area contributed by atoms with Gasteiger partial charge in [-0.05, 0) is 6.07 Å². The van der Waals surface area contributed by atoms with E-state index < -0.39 is 0 Å². The van der Waals surface area contributed by atoms with Crippen molar-refractivity contribution < 1.29 is 9.18 Å². The van der Waals surface area contributed by atoms with E-state index in [1.807, 2.05) is 0 Å². The van der Waals surface area contributed by atoms with E-state index in [1.54, 1.807) is 39.3 Å². The van der Waals surface area contributed by atoms with Crippen LogP contribution in [0.1, 0.15) is 12.0 Å². The first-order valence-electron chi connectivity index (χ1n) is 6.42. The smallest absolute Gasteiger partial charge is 0.223 e. The van der Waals surface area contributed by atoms with Crippen LogP contribution < -0.4 is 10.6 Å². The van der Waals surface area contributed by atoms with Gasteiger partial charge >= 0.3 is 0 Å². The minimum absolute atomic E-state index is 0.0436. The first kappa shape index (κ1) is 15.9. The number of hydrogen-bond donors (Lipinski definition) is 2. The standard InChI is InChI=1S/C14H21FN4O/c1-16-14(17-9-8-13(20)19(2)3)18-10-11-6-4-5-7-12(11)15/h4-7H,8-10H2,1-3H3,(H2,16,17,18). The lowest BCUT2D eigenvalue weighted by Gasteiger charge is -2.14. The molecule has 1 aromatic carbocycles. The maximum atomic E-state index is 13.4. The topological polar surface area (TPSA) is 56.7 Å². The van der Waals surface area contributed by atoms with Crippen molar-refractivity contribution in [2.45, 2.75) is 13.0 Å². The number of nitrogens with zero attached hydrogens (tertiary/aromatic N) is 2. The molecule has 0 aliphatic rings. The van der Waals surface area contributed by atoms with Crippen LogP contribution in [0.2, 0.25) is 0 Å². The van der Waals surface area contributed by atoms with Gasteiger partial charge in [-0.25, -0.2) is 4.39 Å². The monoisotopic (exact) mass is 280 g/mol. The number of nitrogens with one attached hydrogen (secondary N) is 2. The summed E-state index contributed by atoms with van der Waals surface area (Å²) in [7, 11) is 5.06. The maximum absolute atomic E-state index is 13.4. The molecule has 0 unspecified atom stereocenters. The van der Waals surface area contributed by atoms with Crippen LogP contribution in [-0.2, 0) is 11.3 Å². The van der Waals surface area contributed by atoms with Crippen molar-refractivity contribution in [2.75, 3.05) is 27.7 Å². The summed E-state index contributed by atoms with van der Waals surface area (Å²) >= 11 is 0. The molecule has 1 rings (SSSR count). The zero-order valence-corrected chi connectivity index (χ0v) is 12.1. The summed E-state index contributed by atoms with van der Waals surface area (Å²) in [4.78, 5) is 17.0. The van der Waals surface area contributed by atoms with E-state index in [-0.39, 0.29) is 11.7 Å². The zero-order chi connectivity index (χ0) is 15.0. The molecule has 1 aromatic rings. The second kappa shape index (κ2) is 8.14. The molecule has 20 heavy (non-hydrogen) atoms. The van der Waals surface area contributed by atoms with Gasteiger partial charge < -0.3 is 15.5 Å². The minimum Gasteiger partial charge on any atom is -0.356 e. The van der Waals surface area contributed by atoms with Gasteiger partial charge in [-0.3, -0.25) is 9.79 Å². The number of rotatable bonds is 5. The van der Waals surface area contributed by atoms with Crippen LogP contribution in [0.4, 0.5) is 4.39 Å². The van der Waals surface area contributed by atoms with Gasteiger partial charge in [0.15, 0.2) is 5.96 Å². The van der Waals surface area contributed by atoms with Crippen molar-refractivity contribution in [1.29, 1.82) is 0 Å². The first-order valence-corrected chi connectivity index (χ1v) is 6.42. The molecular formula is C14H21FN4O. The molecule has 0 saturated carbocycles. The number of carbonyl (C=O) groups is 1. The fraction of sp³-hybridized carbons (Fsp3) is 0.429. The van der Waals surface area contributed by atoms with Crippen molar-refractivity contribution >= 4 is 11.9 Å². The quantitative estimate of drug-likeness (QED) is 0.624. The summed E-state index contributed by atoms with van der Waals surface area (Å²) in [6.45, 7) is 0.821. The number of amides is 1. The normalized spacial score (nSPS) is 11.1. The molecule has 2 N–H and O–H groups in total. The van der Waals surface area contributed by atoms with Gasteiger partial charge in [0, 0.05) is 46.2 Å². The summed E-state index contributed by atoms with van der Waals surface area (Å²) in [6, 6.07) is 6.57. The Hall–Kier alpha value is -2.11. The van der Waals surface area contributed by atoms with Crippen LogP contribution in [0, 0.1) is 5.82 Å². The molecule has 6 heteroatoms. The first-order chi connectivity index (χ1) is 9.54.